The van der Waals surface area contributed by atoms with Crippen molar-refractivity contribution in [3.63, 3.8) is 0 Å². The number of ether oxygens (including phenoxy) is 1. The summed E-state index contributed by atoms with van der Waals surface area (Å²) >= 11 is 0. The zero-order valence-corrected chi connectivity index (χ0v) is 16.7. The van der Waals surface area contributed by atoms with Crippen LogP contribution in [0.4, 0.5) is 21.7 Å². The van der Waals surface area contributed by atoms with Crippen LogP contribution in [0.1, 0.15) is 0 Å². The van der Waals surface area contributed by atoms with Gasteiger partial charge in [0.05, 0.1) is 23.0 Å². The quantitative estimate of drug-likeness (QED) is 0.479. The van der Waals surface area contributed by atoms with Gasteiger partial charge in [0.15, 0.2) is 11.6 Å². The Kier molecular flexibility index (Phi) is 5.20. The van der Waals surface area contributed by atoms with Gasteiger partial charge >= 0.3 is 0 Å². The summed E-state index contributed by atoms with van der Waals surface area (Å²) in [7, 11) is -2.46. The van der Waals surface area contributed by atoms with Crippen LogP contribution in [0.25, 0.3) is 11.0 Å². The molecular formula is C21H17FN4O3S. The number of anilines is 3. The second kappa shape index (κ2) is 7.96. The first kappa shape index (κ1) is 19.6. The molecule has 7 nitrogen and oxygen atoms in total. The maximum absolute atomic E-state index is 13.2. The third-order valence-corrected chi connectivity index (χ3v) is 5.61. The highest BCUT2D eigenvalue weighted by Crippen LogP contribution is 2.28. The Bertz CT molecular complexity index is 1310. The second-order valence-electron chi connectivity index (χ2n) is 6.33. The van der Waals surface area contributed by atoms with Crippen LogP contribution in [0.15, 0.2) is 77.7 Å². The van der Waals surface area contributed by atoms with E-state index in [0.29, 0.717) is 22.5 Å². The highest BCUT2D eigenvalue weighted by molar-refractivity contribution is 7.92. The van der Waals surface area contributed by atoms with Crippen molar-refractivity contribution >= 4 is 38.4 Å². The smallest absolute Gasteiger partial charge is 0.263 e. The minimum Gasteiger partial charge on any atom is -0.497 e. The summed E-state index contributed by atoms with van der Waals surface area (Å²) in [5.41, 5.74) is 1.75. The van der Waals surface area contributed by atoms with Gasteiger partial charge < -0.3 is 10.1 Å². The van der Waals surface area contributed by atoms with E-state index in [2.05, 4.69) is 20.0 Å². The highest BCUT2D eigenvalue weighted by Gasteiger charge is 2.19. The van der Waals surface area contributed by atoms with E-state index < -0.39 is 15.8 Å². The first-order valence-corrected chi connectivity index (χ1v) is 10.4. The summed E-state index contributed by atoms with van der Waals surface area (Å²) in [6, 6.07) is 18.7. The molecule has 0 fully saturated rings. The molecule has 3 aromatic carbocycles. The third kappa shape index (κ3) is 4.15. The molecule has 4 rings (SSSR count). The number of nitrogens with zero attached hydrogens (tertiary/aromatic N) is 2. The number of methoxy groups -OCH3 is 1. The molecule has 0 radical (unpaired) electrons. The van der Waals surface area contributed by atoms with Gasteiger partial charge in [-0.3, -0.25) is 4.72 Å². The molecule has 0 aliphatic heterocycles. The lowest BCUT2D eigenvalue weighted by Gasteiger charge is -2.14. The number of fused-ring (bicyclic) bond motifs is 1. The Morgan fingerprint density at radius 2 is 1.53 bits per heavy atom. The van der Waals surface area contributed by atoms with Crippen molar-refractivity contribution in [1.29, 1.82) is 0 Å². The first-order chi connectivity index (χ1) is 14.4. The number of para-hydroxylation sites is 2. The van der Waals surface area contributed by atoms with Gasteiger partial charge in [-0.25, -0.2) is 22.8 Å². The molecule has 0 saturated carbocycles. The number of benzene rings is 3. The fourth-order valence-electron chi connectivity index (χ4n) is 2.80. The fraction of sp³-hybridized carbons (Fsp3) is 0.0476. The molecule has 152 valence electrons. The number of sulfonamides is 1. The van der Waals surface area contributed by atoms with Gasteiger partial charge in [0, 0.05) is 11.8 Å². The summed E-state index contributed by atoms with van der Waals surface area (Å²) in [6.45, 7) is 0. The van der Waals surface area contributed by atoms with Crippen molar-refractivity contribution in [3.05, 3.63) is 78.6 Å². The van der Waals surface area contributed by atoms with Crippen LogP contribution in [0.5, 0.6) is 5.75 Å². The van der Waals surface area contributed by atoms with Gasteiger partial charge in [0.25, 0.3) is 10.0 Å². The maximum Gasteiger partial charge on any atom is 0.263 e. The first-order valence-electron chi connectivity index (χ1n) is 8.91. The van der Waals surface area contributed by atoms with E-state index >= 15 is 0 Å². The monoisotopic (exact) mass is 424 g/mol. The molecule has 0 atom stereocenters. The molecular weight excluding hydrogens is 407 g/mol. The summed E-state index contributed by atoms with van der Waals surface area (Å²) in [5, 5.41) is 3.08. The van der Waals surface area contributed by atoms with E-state index in [1.54, 1.807) is 49.6 Å². The Morgan fingerprint density at radius 1 is 0.867 bits per heavy atom. The molecule has 0 bridgehead atoms. The number of aromatic nitrogens is 2. The van der Waals surface area contributed by atoms with E-state index in [1.165, 1.54) is 12.1 Å². The van der Waals surface area contributed by atoms with Gasteiger partial charge in [0.2, 0.25) is 0 Å². The van der Waals surface area contributed by atoms with Crippen molar-refractivity contribution < 1.29 is 17.5 Å². The van der Waals surface area contributed by atoms with Gasteiger partial charge in [-0.1, -0.05) is 18.2 Å². The topological polar surface area (TPSA) is 93.2 Å². The molecule has 4 aromatic rings. The number of halogens is 1. The Labute approximate surface area is 172 Å². The highest BCUT2D eigenvalue weighted by atomic mass is 32.2. The zero-order chi connectivity index (χ0) is 21.1. The molecule has 2 N–H and O–H groups in total. The van der Waals surface area contributed by atoms with Crippen molar-refractivity contribution in [2.75, 3.05) is 17.1 Å². The Hall–Kier alpha value is -3.72. The van der Waals surface area contributed by atoms with Crippen LogP contribution in [0.2, 0.25) is 0 Å². The minimum atomic E-state index is -4.01. The lowest BCUT2D eigenvalue weighted by atomic mass is 10.3. The number of hydrogen-bond acceptors (Lipinski definition) is 6. The van der Waals surface area contributed by atoms with E-state index in [1.807, 2.05) is 6.07 Å². The Morgan fingerprint density at radius 3 is 2.20 bits per heavy atom. The van der Waals surface area contributed by atoms with Crippen LogP contribution in [0.3, 0.4) is 0 Å². The summed E-state index contributed by atoms with van der Waals surface area (Å²) in [4.78, 5) is 8.85. The van der Waals surface area contributed by atoms with E-state index in [0.717, 1.165) is 12.1 Å². The minimum absolute atomic E-state index is 0.0147. The van der Waals surface area contributed by atoms with Gasteiger partial charge in [0.1, 0.15) is 11.6 Å². The van der Waals surface area contributed by atoms with Crippen LogP contribution in [0, 0.1) is 5.82 Å². The van der Waals surface area contributed by atoms with Gasteiger partial charge in [-0.2, -0.15) is 0 Å². The van der Waals surface area contributed by atoms with Crippen LogP contribution in [-0.4, -0.2) is 25.5 Å². The molecule has 0 aliphatic rings. The van der Waals surface area contributed by atoms with E-state index in [4.69, 9.17) is 4.74 Å². The standard InChI is InChI=1S/C21H17FN4O3S/c1-29-16-6-4-5-15(13-16)23-20-21(25-19-8-3-2-7-18(19)24-20)26-30(27,28)17-11-9-14(22)10-12-17/h2-13H,1H3,(H,23,24)(H,25,26). The van der Waals surface area contributed by atoms with E-state index in [-0.39, 0.29) is 16.5 Å². The summed E-state index contributed by atoms with van der Waals surface area (Å²) in [5.74, 6) is 0.329. The van der Waals surface area contributed by atoms with Crippen LogP contribution in [-0.2, 0) is 10.0 Å². The fourth-order valence-corrected chi connectivity index (χ4v) is 3.80. The zero-order valence-electron chi connectivity index (χ0n) is 15.8. The number of nitrogens with one attached hydrogen (secondary N) is 2. The van der Waals surface area contributed by atoms with Crippen molar-refractivity contribution in [3.8, 4) is 5.75 Å². The lowest BCUT2D eigenvalue weighted by Crippen LogP contribution is -2.16. The molecule has 0 amide bonds. The van der Waals surface area contributed by atoms with E-state index in [9.17, 15) is 12.8 Å². The van der Waals surface area contributed by atoms with Crippen LogP contribution >= 0.6 is 0 Å². The third-order valence-electron chi connectivity index (χ3n) is 4.26. The number of hydrogen-bond donors (Lipinski definition) is 2. The van der Waals surface area contributed by atoms with Crippen molar-refractivity contribution in [2.24, 2.45) is 0 Å². The van der Waals surface area contributed by atoms with Crippen molar-refractivity contribution in [2.45, 2.75) is 4.90 Å². The average molecular weight is 424 g/mol. The van der Waals surface area contributed by atoms with Crippen molar-refractivity contribution in [1.82, 2.24) is 9.97 Å². The molecule has 0 spiro atoms. The molecule has 0 saturated heterocycles. The lowest BCUT2D eigenvalue weighted by molar-refractivity contribution is 0.415. The molecule has 1 aromatic heterocycles. The molecule has 9 heteroatoms. The van der Waals surface area contributed by atoms with Crippen LogP contribution < -0.4 is 14.8 Å². The predicted octanol–water partition coefficient (Wildman–Crippen LogP) is 4.32. The molecule has 30 heavy (non-hydrogen) atoms. The molecule has 0 aliphatic carbocycles. The largest absolute Gasteiger partial charge is 0.497 e. The molecule has 0 unspecified atom stereocenters. The average Bonchev–Trinajstić information content (AvgIpc) is 2.74. The molecule has 1 heterocycles. The van der Waals surface area contributed by atoms with Gasteiger partial charge in [-0.05, 0) is 48.5 Å². The summed E-state index contributed by atoms with van der Waals surface area (Å²) < 4.78 is 46.5. The number of rotatable bonds is 6. The predicted molar refractivity (Wildman–Crippen MR) is 113 cm³/mol. The Balaban J connectivity index is 1.77. The normalized spacial score (nSPS) is 11.3. The van der Waals surface area contributed by atoms with Gasteiger partial charge in [-0.15, -0.1) is 0 Å². The summed E-state index contributed by atoms with van der Waals surface area (Å²) in [6.07, 6.45) is 0. The maximum atomic E-state index is 13.2. The second-order valence-corrected chi connectivity index (χ2v) is 8.01. The SMILES string of the molecule is COc1cccc(Nc2nc3ccccc3nc2NS(=O)(=O)c2ccc(F)cc2)c1.